The Kier molecular flexibility index (Phi) is 7.86. The molecular formula is C27H34N2O3S. The molecule has 4 rings (SSSR count). The molecule has 1 heterocycles. The van der Waals surface area contributed by atoms with Gasteiger partial charge in [0, 0.05) is 11.7 Å². The molecule has 3 atom stereocenters. The van der Waals surface area contributed by atoms with Gasteiger partial charge in [0.1, 0.15) is 0 Å². The van der Waals surface area contributed by atoms with Crippen LogP contribution in [0.3, 0.4) is 0 Å². The zero-order valence-electron chi connectivity index (χ0n) is 19.8. The number of rotatable bonds is 8. The Morgan fingerprint density at radius 2 is 1.76 bits per heavy atom. The van der Waals surface area contributed by atoms with E-state index < -0.39 is 0 Å². The van der Waals surface area contributed by atoms with Gasteiger partial charge in [0.25, 0.3) is 5.91 Å². The van der Waals surface area contributed by atoms with Gasteiger partial charge in [-0.1, -0.05) is 55.8 Å². The number of carbonyl (C=O) groups is 1. The number of carbonyl (C=O) groups excluding carboxylic acids is 1. The van der Waals surface area contributed by atoms with Crippen LogP contribution in [0.15, 0.2) is 53.4 Å². The molecule has 1 aliphatic carbocycles. The number of nitrogens with zero attached hydrogens (tertiary/aromatic N) is 1. The second-order valence-electron chi connectivity index (χ2n) is 8.60. The van der Waals surface area contributed by atoms with Crippen molar-refractivity contribution in [3.05, 3.63) is 59.0 Å². The zero-order valence-corrected chi connectivity index (χ0v) is 20.6. The lowest BCUT2D eigenvalue weighted by Crippen LogP contribution is -2.48. The molecule has 1 N–H and O–H groups in total. The van der Waals surface area contributed by atoms with Crippen molar-refractivity contribution in [2.75, 3.05) is 18.5 Å². The van der Waals surface area contributed by atoms with Crippen LogP contribution >= 0.6 is 11.8 Å². The molecule has 0 radical (unpaired) electrons. The van der Waals surface area contributed by atoms with Crippen LogP contribution in [0.2, 0.25) is 0 Å². The van der Waals surface area contributed by atoms with Crippen LogP contribution in [-0.2, 0) is 4.79 Å². The monoisotopic (exact) mass is 466 g/mol. The average molecular weight is 467 g/mol. The Hall–Kier alpha value is -2.60. The van der Waals surface area contributed by atoms with Crippen molar-refractivity contribution in [2.24, 2.45) is 5.92 Å². The van der Waals surface area contributed by atoms with Crippen molar-refractivity contribution in [3.63, 3.8) is 0 Å². The number of thioether (sulfide) groups is 1. The van der Waals surface area contributed by atoms with Crippen LogP contribution in [0.1, 0.15) is 52.0 Å². The van der Waals surface area contributed by atoms with Crippen molar-refractivity contribution >= 4 is 29.4 Å². The SMILES string of the molecule is CCOc1ccc(/C=C2\SC(Nc3ccccc3)N([C@@H]3CCCC[C@H]3C)C2=O)cc1OCC. The van der Waals surface area contributed by atoms with Crippen LogP contribution in [0.5, 0.6) is 11.5 Å². The topological polar surface area (TPSA) is 50.8 Å². The van der Waals surface area contributed by atoms with E-state index in [-0.39, 0.29) is 17.4 Å². The summed E-state index contributed by atoms with van der Waals surface area (Å²) in [6, 6.07) is 16.3. The Bertz CT molecular complexity index is 979. The molecule has 1 saturated heterocycles. The van der Waals surface area contributed by atoms with Crippen LogP contribution in [0.4, 0.5) is 5.69 Å². The summed E-state index contributed by atoms with van der Waals surface area (Å²) in [5.74, 6) is 2.05. The number of ether oxygens (including phenoxy) is 2. The lowest BCUT2D eigenvalue weighted by molar-refractivity contribution is -0.129. The summed E-state index contributed by atoms with van der Waals surface area (Å²) >= 11 is 1.60. The highest BCUT2D eigenvalue weighted by Gasteiger charge is 2.42. The Morgan fingerprint density at radius 3 is 2.48 bits per heavy atom. The smallest absolute Gasteiger partial charge is 0.262 e. The molecule has 0 spiro atoms. The van der Waals surface area contributed by atoms with Crippen molar-refractivity contribution in [1.29, 1.82) is 0 Å². The van der Waals surface area contributed by atoms with Gasteiger partial charge in [-0.05, 0) is 68.5 Å². The van der Waals surface area contributed by atoms with Gasteiger partial charge in [0.15, 0.2) is 17.0 Å². The molecule has 1 saturated carbocycles. The predicted octanol–water partition coefficient (Wildman–Crippen LogP) is 6.37. The van der Waals surface area contributed by atoms with Crippen LogP contribution < -0.4 is 14.8 Å². The van der Waals surface area contributed by atoms with Crippen LogP contribution in [0, 0.1) is 5.92 Å². The zero-order chi connectivity index (χ0) is 23.2. The van der Waals surface area contributed by atoms with E-state index in [1.165, 1.54) is 19.3 Å². The molecular weight excluding hydrogens is 432 g/mol. The van der Waals surface area contributed by atoms with E-state index in [1.807, 2.05) is 56.3 Å². The van der Waals surface area contributed by atoms with E-state index in [1.54, 1.807) is 11.8 Å². The van der Waals surface area contributed by atoms with E-state index in [0.29, 0.717) is 24.9 Å². The number of para-hydroxylation sites is 1. The first-order valence-corrected chi connectivity index (χ1v) is 12.9. The molecule has 1 aliphatic heterocycles. The third-order valence-corrected chi connectivity index (χ3v) is 7.40. The summed E-state index contributed by atoms with van der Waals surface area (Å²) in [7, 11) is 0. The summed E-state index contributed by atoms with van der Waals surface area (Å²) in [6.45, 7) is 7.34. The van der Waals surface area contributed by atoms with E-state index in [0.717, 1.165) is 28.3 Å². The van der Waals surface area contributed by atoms with Crippen molar-refractivity contribution in [1.82, 2.24) is 4.90 Å². The second-order valence-corrected chi connectivity index (χ2v) is 9.72. The first-order chi connectivity index (χ1) is 16.1. The normalized spacial score (nSPS) is 24.2. The fraction of sp³-hybridized carbons (Fsp3) is 0.444. The summed E-state index contributed by atoms with van der Waals surface area (Å²) in [5, 5.41) is 3.60. The third-order valence-electron chi connectivity index (χ3n) is 6.29. The predicted molar refractivity (Wildman–Crippen MR) is 136 cm³/mol. The van der Waals surface area contributed by atoms with Crippen molar-refractivity contribution in [2.45, 2.75) is 58.0 Å². The van der Waals surface area contributed by atoms with Gasteiger partial charge in [-0.25, -0.2) is 0 Å². The first-order valence-electron chi connectivity index (χ1n) is 12.0. The van der Waals surface area contributed by atoms with E-state index in [2.05, 4.69) is 29.3 Å². The number of hydrogen-bond donors (Lipinski definition) is 1. The Labute approximate surface area is 201 Å². The highest BCUT2D eigenvalue weighted by Crippen LogP contribution is 2.42. The molecule has 0 bridgehead atoms. The van der Waals surface area contributed by atoms with Gasteiger partial charge in [-0.15, -0.1) is 0 Å². The van der Waals surface area contributed by atoms with Gasteiger partial charge >= 0.3 is 0 Å². The van der Waals surface area contributed by atoms with Gasteiger partial charge in [0.2, 0.25) is 0 Å². The van der Waals surface area contributed by atoms with Crippen LogP contribution in [0.25, 0.3) is 6.08 Å². The van der Waals surface area contributed by atoms with Gasteiger partial charge in [0.05, 0.1) is 18.1 Å². The summed E-state index contributed by atoms with van der Waals surface area (Å²) < 4.78 is 11.5. The number of hydrogen-bond acceptors (Lipinski definition) is 5. The van der Waals surface area contributed by atoms with Crippen molar-refractivity contribution in [3.8, 4) is 11.5 Å². The minimum absolute atomic E-state index is 0.110. The number of anilines is 1. The van der Waals surface area contributed by atoms with Crippen molar-refractivity contribution < 1.29 is 14.3 Å². The molecule has 5 nitrogen and oxygen atoms in total. The Balaban J connectivity index is 1.64. The maximum absolute atomic E-state index is 13.7. The minimum Gasteiger partial charge on any atom is -0.490 e. The molecule has 2 aromatic carbocycles. The second kappa shape index (κ2) is 11.0. The van der Waals surface area contributed by atoms with Gasteiger partial charge in [-0.3, -0.25) is 4.79 Å². The first kappa shape index (κ1) is 23.6. The molecule has 0 aromatic heterocycles. The maximum atomic E-state index is 13.7. The van der Waals surface area contributed by atoms with E-state index in [9.17, 15) is 4.79 Å². The molecule has 2 aromatic rings. The number of amides is 1. The Morgan fingerprint density at radius 1 is 1.03 bits per heavy atom. The maximum Gasteiger partial charge on any atom is 0.262 e. The molecule has 6 heteroatoms. The molecule has 1 amide bonds. The fourth-order valence-corrected chi connectivity index (χ4v) is 5.89. The minimum atomic E-state index is -0.120. The van der Waals surface area contributed by atoms with E-state index in [4.69, 9.17) is 9.47 Å². The van der Waals surface area contributed by atoms with E-state index >= 15 is 0 Å². The fourth-order valence-electron chi connectivity index (χ4n) is 4.68. The number of nitrogens with one attached hydrogen (secondary N) is 1. The molecule has 176 valence electrons. The molecule has 33 heavy (non-hydrogen) atoms. The third kappa shape index (κ3) is 5.49. The number of benzene rings is 2. The lowest BCUT2D eigenvalue weighted by Gasteiger charge is -2.39. The van der Waals surface area contributed by atoms with Gasteiger partial charge < -0.3 is 19.7 Å². The lowest BCUT2D eigenvalue weighted by atomic mass is 9.85. The highest BCUT2D eigenvalue weighted by molar-refractivity contribution is 8.05. The standard InChI is InChI=1S/C27H34N2O3S/c1-4-31-23-16-15-20(17-24(23)32-5-2)18-25-26(30)29(22-14-10-9-11-19(22)3)27(33-25)28-21-12-7-6-8-13-21/h6-8,12-13,15-19,22,27-28H,4-5,9-11,14H2,1-3H3/b25-18-/t19-,22-,27?/m1/s1. The summed E-state index contributed by atoms with van der Waals surface area (Å²) in [6.07, 6.45) is 6.65. The molecule has 2 aliphatic rings. The van der Waals surface area contributed by atoms with Gasteiger partial charge in [-0.2, -0.15) is 0 Å². The summed E-state index contributed by atoms with van der Waals surface area (Å²) in [5.41, 5.74) is 1.85. The van der Waals surface area contributed by atoms with Crippen LogP contribution in [-0.4, -0.2) is 35.6 Å². The quantitative estimate of drug-likeness (QED) is 0.458. The molecule has 1 unspecified atom stereocenters. The average Bonchev–Trinajstić information content (AvgIpc) is 3.11. The largest absolute Gasteiger partial charge is 0.490 e. The molecule has 2 fully saturated rings. The summed E-state index contributed by atoms with van der Waals surface area (Å²) in [4.78, 5) is 16.5. The highest BCUT2D eigenvalue weighted by atomic mass is 32.2.